The molecule has 1 N–H and O–H groups in total. The van der Waals surface area contributed by atoms with Crippen molar-refractivity contribution in [3.8, 4) is 28.7 Å². The predicted octanol–water partition coefficient (Wildman–Crippen LogP) is 4.90. The molecule has 0 saturated carbocycles. The van der Waals surface area contributed by atoms with Crippen LogP contribution in [0.4, 0.5) is 5.69 Å². The second-order valence-electron chi connectivity index (χ2n) is 7.63. The number of halogens is 1. The Balaban J connectivity index is 1.75. The summed E-state index contributed by atoms with van der Waals surface area (Å²) < 4.78 is 32.3. The summed E-state index contributed by atoms with van der Waals surface area (Å²) in [7, 11) is 7.33. The molecule has 1 aliphatic rings. The molecule has 0 radical (unpaired) electrons. The van der Waals surface area contributed by atoms with Gasteiger partial charge < -0.3 is 33.7 Å². The molecule has 0 fully saturated rings. The van der Waals surface area contributed by atoms with E-state index < -0.39 is 12.2 Å². The molecule has 3 aromatic carbocycles. The number of carbonyl (C=O) groups is 2. The lowest BCUT2D eigenvalue weighted by Gasteiger charge is -2.18. The molecule has 1 heterocycles. The topological polar surface area (TPSA) is 102 Å². The fraction of sp³-hybridized carbons (Fsp3) is 0.231. The number of cyclic esters (lactones) is 1. The Hall–Kier alpha value is -4.11. The minimum Gasteiger partial charge on any atom is -0.493 e. The molecule has 9 nitrogen and oxygen atoms in total. The first-order valence-electron chi connectivity index (χ1n) is 10.7. The van der Waals surface area contributed by atoms with Crippen LogP contribution in [-0.4, -0.2) is 47.3 Å². The van der Waals surface area contributed by atoms with Gasteiger partial charge in [0.2, 0.25) is 12.0 Å². The third-order valence-corrected chi connectivity index (χ3v) is 5.96. The van der Waals surface area contributed by atoms with Gasteiger partial charge in [-0.3, -0.25) is 4.79 Å². The fourth-order valence-electron chi connectivity index (χ4n) is 4.05. The lowest BCUT2D eigenvalue weighted by atomic mass is 10.00. The Labute approximate surface area is 212 Å². The van der Waals surface area contributed by atoms with Crippen molar-refractivity contribution in [2.24, 2.45) is 0 Å². The van der Waals surface area contributed by atoms with Crippen LogP contribution in [0.2, 0.25) is 5.02 Å². The first-order valence-corrected chi connectivity index (χ1v) is 11.1. The number of esters is 1. The van der Waals surface area contributed by atoms with Crippen molar-refractivity contribution in [2.75, 3.05) is 40.9 Å². The van der Waals surface area contributed by atoms with Crippen molar-refractivity contribution < 1.29 is 38.0 Å². The first-order chi connectivity index (χ1) is 17.4. The van der Waals surface area contributed by atoms with Crippen molar-refractivity contribution in [1.82, 2.24) is 0 Å². The van der Waals surface area contributed by atoms with Crippen LogP contribution in [0.3, 0.4) is 0 Å². The summed E-state index contributed by atoms with van der Waals surface area (Å²) in [5, 5.41) is 3.49. The summed E-state index contributed by atoms with van der Waals surface area (Å²) in [6.07, 6.45) is -0.875. The van der Waals surface area contributed by atoms with E-state index in [4.69, 9.17) is 40.0 Å². The molecule has 1 atom stereocenters. The van der Waals surface area contributed by atoms with Gasteiger partial charge in [0.25, 0.3) is 0 Å². The van der Waals surface area contributed by atoms with Gasteiger partial charge in [0.1, 0.15) is 5.56 Å². The first kappa shape index (κ1) is 25.0. The third kappa shape index (κ3) is 4.33. The van der Waals surface area contributed by atoms with E-state index in [0.29, 0.717) is 39.3 Å². The average Bonchev–Trinajstić information content (AvgIpc) is 3.22. The Bertz CT molecular complexity index is 1310. The number of anilines is 1. The van der Waals surface area contributed by atoms with Crippen molar-refractivity contribution >= 4 is 29.0 Å². The number of hydrogen-bond donors (Lipinski definition) is 1. The molecule has 0 bridgehead atoms. The zero-order chi connectivity index (χ0) is 26.0. The van der Waals surface area contributed by atoms with E-state index in [9.17, 15) is 9.59 Å². The molecule has 3 aromatic rings. The minimum absolute atomic E-state index is 0.251. The van der Waals surface area contributed by atoms with E-state index in [1.54, 1.807) is 36.4 Å². The number of ether oxygens (including phenoxy) is 6. The molecule has 0 aromatic heterocycles. The SMILES string of the molecule is COc1cc(C(=O)c2cc(Cl)ccc2N[C@@H]2OC(=O)c3c2ccc(OC)c3OC)cc(OC)c1OC. The molecule has 4 rings (SSSR count). The molecule has 1 aliphatic heterocycles. The lowest BCUT2D eigenvalue weighted by molar-refractivity contribution is 0.0435. The molecular formula is C26H24ClNO8. The van der Waals surface area contributed by atoms with Crippen LogP contribution >= 0.6 is 11.6 Å². The summed E-state index contributed by atoms with van der Waals surface area (Å²) in [5.74, 6) is 0.751. The van der Waals surface area contributed by atoms with E-state index in [1.165, 1.54) is 41.6 Å². The number of carbonyl (C=O) groups excluding carboxylic acids is 2. The highest BCUT2D eigenvalue weighted by Gasteiger charge is 2.36. The Morgan fingerprint density at radius 1 is 0.833 bits per heavy atom. The zero-order valence-corrected chi connectivity index (χ0v) is 21.0. The van der Waals surface area contributed by atoms with E-state index in [0.717, 1.165) is 0 Å². The van der Waals surface area contributed by atoms with E-state index in [-0.39, 0.29) is 28.2 Å². The van der Waals surface area contributed by atoms with E-state index in [1.807, 2.05) is 0 Å². The maximum absolute atomic E-state index is 13.6. The Kier molecular flexibility index (Phi) is 7.12. The van der Waals surface area contributed by atoms with Gasteiger partial charge in [0.05, 0.1) is 35.5 Å². The van der Waals surface area contributed by atoms with Gasteiger partial charge in [0.15, 0.2) is 28.8 Å². The van der Waals surface area contributed by atoms with Crippen LogP contribution < -0.4 is 29.0 Å². The normalized spacial score (nSPS) is 13.9. The van der Waals surface area contributed by atoms with Crippen LogP contribution in [0.5, 0.6) is 28.7 Å². The highest BCUT2D eigenvalue weighted by Crippen LogP contribution is 2.43. The average molecular weight is 514 g/mol. The fourth-order valence-corrected chi connectivity index (χ4v) is 4.22. The van der Waals surface area contributed by atoms with Gasteiger partial charge in [-0.1, -0.05) is 11.6 Å². The van der Waals surface area contributed by atoms with Gasteiger partial charge >= 0.3 is 5.97 Å². The van der Waals surface area contributed by atoms with Gasteiger partial charge in [0, 0.05) is 27.4 Å². The number of hydrogen-bond acceptors (Lipinski definition) is 9. The highest BCUT2D eigenvalue weighted by atomic mass is 35.5. The molecule has 0 aliphatic carbocycles. The number of benzene rings is 3. The highest BCUT2D eigenvalue weighted by molar-refractivity contribution is 6.31. The summed E-state index contributed by atoms with van der Waals surface area (Å²) in [4.78, 5) is 26.3. The largest absolute Gasteiger partial charge is 0.493 e. The van der Waals surface area contributed by atoms with E-state index >= 15 is 0 Å². The predicted molar refractivity (Wildman–Crippen MR) is 132 cm³/mol. The summed E-state index contributed by atoms with van der Waals surface area (Å²) >= 11 is 6.24. The number of methoxy groups -OCH3 is 5. The molecule has 0 spiro atoms. The van der Waals surface area contributed by atoms with Crippen molar-refractivity contribution in [1.29, 1.82) is 0 Å². The maximum atomic E-state index is 13.6. The van der Waals surface area contributed by atoms with Crippen molar-refractivity contribution in [2.45, 2.75) is 6.23 Å². The lowest BCUT2D eigenvalue weighted by Crippen LogP contribution is -2.14. The van der Waals surface area contributed by atoms with Crippen LogP contribution in [0.25, 0.3) is 0 Å². The molecule has 0 amide bonds. The molecular weight excluding hydrogens is 490 g/mol. The number of fused-ring (bicyclic) bond motifs is 1. The van der Waals surface area contributed by atoms with Crippen LogP contribution in [0.1, 0.15) is 38.1 Å². The summed E-state index contributed by atoms with van der Waals surface area (Å²) in [5.41, 5.74) is 1.73. The van der Waals surface area contributed by atoms with Crippen LogP contribution in [-0.2, 0) is 4.74 Å². The quantitative estimate of drug-likeness (QED) is 0.316. The monoisotopic (exact) mass is 513 g/mol. The molecule has 36 heavy (non-hydrogen) atoms. The maximum Gasteiger partial charge on any atom is 0.344 e. The van der Waals surface area contributed by atoms with Crippen molar-refractivity contribution in [3.05, 3.63) is 69.7 Å². The Morgan fingerprint density at radius 2 is 1.47 bits per heavy atom. The molecule has 0 unspecified atom stereocenters. The molecule has 10 heteroatoms. The third-order valence-electron chi connectivity index (χ3n) is 5.73. The van der Waals surface area contributed by atoms with E-state index in [2.05, 4.69) is 5.32 Å². The van der Waals surface area contributed by atoms with Gasteiger partial charge in [-0.05, 0) is 42.5 Å². The summed E-state index contributed by atoms with van der Waals surface area (Å²) in [6, 6.07) is 11.3. The zero-order valence-electron chi connectivity index (χ0n) is 20.3. The van der Waals surface area contributed by atoms with Gasteiger partial charge in [-0.15, -0.1) is 0 Å². The van der Waals surface area contributed by atoms with Gasteiger partial charge in [-0.2, -0.15) is 0 Å². The Morgan fingerprint density at radius 3 is 2.06 bits per heavy atom. The number of ketones is 1. The molecule has 0 saturated heterocycles. The van der Waals surface area contributed by atoms with Gasteiger partial charge in [-0.25, -0.2) is 4.79 Å². The second-order valence-corrected chi connectivity index (χ2v) is 8.06. The van der Waals surface area contributed by atoms with Crippen molar-refractivity contribution in [3.63, 3.8) is 0 Å². The van der Waals surface area contributed by atoms with Crippen LogP contribution in [0, 0.1) is 0 Å². The standard InChI is InChI=1S/C26H24ClNO8/c1-31-18-9-7-15-21(24(18)35-5)26(30)36-25(15)28-17-8-6-14(27)12-16(17)22(29)13-10-19(32-2)23(34-4)20(11-13)33-3/h6-12,25,28H,1-5H3/t25-/m1/s1. The second kappa shape index (κ2) is 10.2. The molecule has 188 valence electrons. The number of nitrogens with one attached hydrogen (secondary N) is 1. The minimum atomic E-state index is -0.875. The smallest absolute Gasteiger partial charge is 0.344 e. The number of rotatable bonds is 9. The van der Waals surface area contributed by atoms with Crippen LogP contribution in [0.15, 0.2) is 42.5 Å². The summed E-state index contributed by atoms with van der Waals surface area (Å²) in [6.45, 7) is 0.